The number of carbonyl (C=O) groups is 1. The van der Waals surface area contributed by atoms with Crippen LogP contribution in [0.3, 0.4) is 0 Å². The lowest BCUT2D eigenvalue weighted by Crippen LogP contribution is -2.46. The van der Waals surface area contributed by atoms with Crippen LogP contribution in [0.25, 0.3) is 5.52 Å². The van der Waals surface area contributed by atoms with E-state index >= 15 is 0 Å². The number of aromatic nitrogens is 3. The van der Waals surface area contributed by atoms with Crippen LogP contribution in [0.5, 0.6) is 0 Å². The van der Waals surface area contributed by atoms with Gasteiger partial charge in [-0.15, -0.1) is 0 Å². The van der Waals surface area contributed by atoms with Crippen molar-refractivity contribution in [1.82, 2.24) is 19.7 Å². The van der Waals surface area contributed by atoms with Crippen molar-refractivity contribution in [3.8, 4) is 6.07 Å². The number of nitrogen functional groups attached to an aromatic ring is 1. The van der Waals surface area contributed by atoms with Gasteiger partial charge in [-0.25, -0.2) is 19.2 Å². The molecule has 3 rings (SSSR count). The highest BCUT2D eigenvalue weighted by molar-refractivity contribution is 7.51. The molecule has 1 aliphatic rings. The van der Waals surface area contributed by atoms with Gasteiger partial charge in [0.25, 0.3) is 0 Å². The summed E-state index contributed by atoms with van der Waals surface area (Å²) < 4.78 is 66.7. The molecule has 18 heteroatoms. The number of ether oxygens (including phenoxy) is 1. The third kappa shape index (κ3) is 5.54. The summed E-state index contributed by atoms with van der Waals surface area (Å²) in [6.45, 7) is -2.29. The number of rotatable bonds is 9. The highest BCUT2D eigenvalue weighted by Gasteiger charge is 2.57. The number of hydrogen-bond donors (Lipinski definition) is 5. The third-order valence-corrected chi connectivity index (χ3v) is 6.65. The van der Waals surface area contributed by atoms with Gasteiger partial charge in [0.2, 0.25) is 5.60 Å². The fourth-order valence-electron chi connectivity index (χ4n) is 3.22. The van der Waals surface area contributed by atoms with Crippen molar-refractivity contribution >= 4 is 25.1 Å². The minimum absolute atomic E-state index is 0.0792. The zero-order valence-corrected chi connectivity index (χ0v) is 18.7. The van der Waals surface area contributed by atoms with Crippen molar-refractivity contribution in [2.24, 2.45) is 0 Å². The van der Waals surface area contributed by atoms with E-state index in [4.69, 9.17) is 20.1 Å². The number of carboxylic acids is 1. The molecule has 0 aliphatic carbocycles. The maximum atomic E-state index is 12.8. The number of nitrogens with zero attached hydrogens (tertiary/aromatic N) is 4. The maximum Gasteiger partial charge on any atom is 0.412 e. The van der Waals surface area contributed by atoms with Gasteiger partial charge in [-0.1, -0.05) is 0 Å². The highest BCUT2D eigenvalue weighted by Crippen LogP contribution is 2.49. The summed E-state index contributed by atoms with van der Waals surface area (Å²) in [6.07, 6.45) is -9.03. The molecule has 1 saturated heterocycles. The minimum Gasteiger partial charge on any atom is -0.480 e. The minimum atomic E-state index is -5.02. The number of alkyl halides is 3. The van der Waals surface area contributed by atoms with Gasteiger partial charge in [-0.2, -0.15) is 23.5 Å². The van der Waals surface area contributed by atoms with Gasteiger partial charge in [0, 0.05) is 0 Å². The summed E-state index contributed by atoms with van der Waals surface area (Å²) in [4.78, 5) is 14.9. The Labute approximate surface area is 194 Å². The molecular formula is C17H20F3N6O8P. The van der Waals surface area contributed by atoms with Crippen LogP contribution in [0.2, 0.25) is 0 Å². The van der Waals surface area contributed by atoms with Crippen molar-refractivity contribution in [2.45, 2.75) is 43.1 Å². The Hall–Kier alpha value is -2.84. The topological polar surface area (TPSA) is 215 Å². The van der Waals surface area contributed by atoms with E-state index in [1.807, 2.05) is 0 Å². The van der Waals surface area contributed by atoms with Crippen LogP contribution < -0.4 is 10.8 Å². The van der Waals surface area contributed by atoms with E-state index < -0.39 is 63.1 Å². The second-order valence-electron chi connectivity index (χ2n) is 7.52. The van der Waals surface area contributed by atoms with E-state index in [1.165, 1.54) is 16.6 Å². The summed E-state index contributed by atoms with van der Waals surface area (Å²) in [5, 5.41) is 45.6. The first-order valence-corrected chi connectivity index (χ1v) is 11.3. The molecule has 2 aromatic rings. The Kier molecular flexibility index (Phi) is 7.39. The molecule has 0 radical (unpaired) electrons. The van der Waals surface area contributed by atoms with Crippen LogP contribution in [-0.2, 0) is 23.1 Å². The summed E-state index contributed by atoms with van der Waals surface area (Å²) in [7, 11) is -5.02. The first-order chi connectivity index (χ1) is 16.2. The lowest BCUT2D eigenvalue weighted by molar-refractivity contribution is -0.156. The molecule has 0 aromatic carbocycles. The molecule has 35 heavy (non-hydrogen) atoms. The lowest BCUT2D eigenvalue weighted by Gasteiger charge is -2.28. The summed E-state index contributed by atoms with van der Waals surface area (Å²) in [5.74, 6) is -1.51. The standard InChI is InChI=1S/C17H20F3N6O8P/c1-8(15(29)30)25-35(31,33-6-17(18,19)20)32-5-16(4-21)13(28)11(27)12(34-16)9-2-3-10-14(22)23-7-24-26(9)10/h2-3,7-8,11-13,27-28H,5-6H2,1H3,(H,25,31)(H,29,30)(H2,22,23,24)/t8-,11-,12-,13-,16+,35?/m0/s1. The van der Waals surface area contributed by atoms with E-state index in [0.717, 1.165) is 13.3 Å². The largest absolute Gasteiger partial charge is 0.480 e. The van der Waals surface area contributed by atoms with Gasteiger partial charge < -0.3 is 25.8 Å². The molecule has 0 spiro atoms. The number of halogens is 3. The van der Waals surface area contributed by atoms with Crippen LogP contribution in [0.15, 0.2) is 18.5 Å². The van der Waals surface area contributed by atoms with Crippen molar-refractivity contribution in [3.05, 3.63) is 24.2 Å². The number of aliphatic hydroxyl groups is 2. The molecule has 2 aromatic heterocycles. The number of nitriles is 1. The smallest absolute Gasteiger partial charge is 0.412 e. The highest BCUT2D eigenvalue weighted by atomic mass is 31.2. The quantitative estimate of drug-likeness (QED) is 0.276. The zero-order valence-electron chi connectivity index (χ0n) is 17.8. The molecule has 6 atom stereocenters. The number of fused-ring (bicyclic) bond motifs is 1. The number of carboxylic acid groups (broad SMARTS) is 1. The summed E-state index contributed by atoms with van der Waals surface area (Å²) >= 11 is 0. The van der Waals surface area contributed by atoms with Gasteiger partial charge in [0.1, 0.15) is 48.9 Å². The van der Waals surface area contributed by atoms with Crippen molar-refractivity contribution in [3.63, 3.8) is 0 Å². The van der Waals surface area contributed by atoms with E-state index in [0.29, 0.717) is 5.52 Å². The average Bonchev–Trinajstić information content (AvgIpc) is 3.32. The monoisotopic (exact) mass is 524 g/mol. The first kappa shape index (κ1) is 26.8. The predicted octanol–water partition coefficient (Wildman–Crippen LogP) is 0.133. The fraction of sp³-hybridized carbons (Fsp3) is 0.529. The molecule has 0 amide bonds. The number of nitrogens with two attached hydrogens (primary N) is 1. The molecule has 3 heterocycles. The van der Waals surface area contributed by atoms with Crippen LogP contribution in [0.4, 0.5) is 19.0 Å². The molecule has 1 aliphatic heterocycles. The normalized spacial score (nSPS) is 27.4. The SMILES string of the molecule is C[C@H](NP(=O)(OCC(F)(F)F)OC[C@@]1(C#N)O[C@@H](c2ccc3c(N)ncnn23)[C@H](O)[C@@H]1O)C(=O)O. The number of nitrogens with one attached hydrogen (secondary N) is 1. The van der Waals surface area contributed by atoms with E-state index in [1.54, 1.807) is 11.2 Å². The van der Waals surface area contributed by atoms with Gasteiger partial charge in [0.05, 0.1) is 5.69 Å². The molecule has 1 fully saturated rings. The molecule has 14 nitrogen and oxygen atoms in total. The van der Waals surface area contributed by atoms with E-state index in [2.05, 4.69) is 14.6 Å². The first-order valence-electron chi connectivity index (χ1n) is 9.72. The molecule has 192 valence electrons. The van der Waals surface area contributed by atoms with Gasteiger partial charge in [0.15, 0.2) is 12.4 Å². The Morgan fingerprint density at radius 2 is 2.14 bits per heavy atom. The maximum absolute atomic E-state index is 12.8. The second kappa shape index (κ2) is 9.66. The molecular weight excluding hydrogens is 504 g/mol. The third-order valence-electron chi connectivity index (χ3n) is 5.01. The molecule has 0 bridgehead atoms. The lowest BCUT2D eigenvalue weighted by atomic mass is 9.96. The summed E-state index contributed by atoms with van der Waals surface area (Å²) in [5.41, 5.74) is 3.75. The van der Waals surface area contributed by atoms with Crippen molar-refractivity contribution in [1.29, 1.82) is 5.26 Å². The van der Waals surface area contributed by atoms with Crippen LogP contribution in [-0.4, -0.2) is 79.1 Å². The number of hydrogen-bond acceptors (Lipinski definition) is 11. The Morgan fingerprint density at radius 1 is 1.46 bits per heavy atom. The summed E-state index contributed by atoms with van der Waals surface area (Å²) in [6, 6.07) is 2.78. The second-order valence-corrected chi connectivity index (χ2v) is 9.29. The fourth-order valence-corrected chi connectivity index (χ4v) is 4.71. The van der Waals surface area contributed by atoms with E-state index in [9.17, 15) is 38.0 Å². The van der Waals surface area contributed by atoms with Crippen LogP contribution >= 0.6 is 7.75 Å². The number of aliphatic carboxylic acids is 1. The van der Waals surface area contributed by atoms with E-state index in [-0.39, 0.29) is 11.5 Å². The molecule has 6 N–H and O–H groups in total. The molecule has 0 saturated carbocycles. The van der Waals surface area contributed by atoms with Crippen LogP contribution in [0, 0.1) is 11.3 Å². The van der Waals surface area contributed by atoms with Crippen LogP contribution in [0.1, 0.15) is 18.7 Å². The van der Waals surface area contributed by atoms with Crippen molar-refractivity contribution < 1.29 is 51.6 Å². The van der Waals surface area contributed by atoms with Gasteiger partial charge in [-0.05, 0) is 19.1 Å². The number of anilines is 1. The Bertz CT molecular complexity index is 1190. The predicted molar refractivity (Wildman–Crippen MR) is 107 cm³/mol. The zero-order chi connectivity index (χ0) is 26.2. The van der Waals surface area contributed by atoms with Gasteiger partial charge >= 0.3 is 19.9 Å². The Morgan fingerprint density at radius 3 is 2.74 bits per heavy atom. The van der Waals surface area contributed by atoms with Gasteiger partial charge in [-0.3, -0.25) is 13.8 Å². The number of aliphatic hydroxyl groups excluding tert-OH is 2. The van der Waals surface area contributed by atoms with Crippen molar-refractivity contribution in [2.75, 3.05) is 18.9 Å². The Balaban J connectivity index is 1.87. The molecule has 1 unspecified atom stereocenters. The average molecular weight is 524 g/mol.